The van der Waals surface area contributed by atoms with Gasteiger partial charge in [0.25, 0.3) is 0 Å². The molecule has 1 heterocycles. The van der Waals surface area contributed by atoms with Gasteiger partial charge in [-0.2, -0.15) is 0 Å². The molecule has 2 rings (SSSR count). The molecule has 1 fully saturated rings. The lowest BCUT2D eigenvalue weighted by Gasteiger charge is -2.12. The summed E-state index contributed by atoms with van der Waals surface area (Å²) in [6.07, 6.45) is 3.87. The predicted molar refractivity (Wildman–Crippen MR) is 64.6 cm³/mol. The summed E-state index contributed by atoms with van der Waals surface area (Å²) in [5, 5.41) is 16.0. The Kier molecular flexibility index (Phi) is 3.25. The van der Waals surface area contributed by atoms with E-state index in [1.54, 1.807) is 6.07 Å². The molecule has 5 heteroatoms. The molecular formula is C11H16N2O2S. The Balaban J connectivity index is 1.79. The van der Waals surface area contributed by atoms with Gasteiger partial charge in [-0.05, 0) is 30.2 Å². The zero-order chi connectivity index (χ0) is 11.6. The van der Waals surface area contributed by atoms with Crippen LogP contribution >= 0.6 is 11.3 Å². The Labute approximate surface area is 98.8 Å². The maximum atomic E-state index is 10.5. The van der Waals surface area contributed by atoms with Crippen LogP contribution in [0.25, 0.3) is 0 Å². The number of nitro groups is 1. The molecule has 0 aliphatic heterocycles. The van der Waals surface area contributed by atoms with Crippen LogP contribution in [0.2, 0.25) is 0 Å². The first-order valence-corrected chi connectivity index (χ1v) is 6.46. The summed E-state index contributed by atoms with van der Waals surface area (Å²) in [6.45, 7) is 4.00. The van der Waals surface area contributed by atoms with Gasteiger partial charge >= 0.3 is 5.00 Å². The van der Waals surface area contributed by atoms with Crippen LogP contribution in [0.15, 0.2) is 11.4 Å². The van der Waals surface area contributed by atoms with Gasteiger partial charge in [0.2, 0.25) is 0 Å². The molecule has 1 aliphatic carbocycles. The third kappa shape index (κ3) is 2.59. The van der Waals surface area contributed by atoms with Crippen LogP contribution in [0.4, 0.5) is 5.00 Å². The predicted octanol–water partition coefficient (Wildman–Crippen LogP) is 2.94. The summed E-state index contributed by atoms with van der Waals surface area (Å²) in [5.41, 5.74) is 1.55. The normalized spacial score (nSPS) is 17.3. The quantitative estimate of drug-likeness (QED) is 0.614. The second-order valence-electron chi connectivity index (χ2n) is 4.51. The lowest BCUT2D eigenvalue weighted by molar-refractivity contribution is -0.380. The minimum atomic E-state index is -0.331. The molecule has 0 radical (unpaired) electrons. The number of hydrogen-bond acceptors (Lipinski definition) is 4. The molecule has 0 aromatic carbocycles. The van der Waals surface area contributed by atoms with Crippen molar-refractivity contribution >= 4 is 16.3 Å². The zero-order valence-electron chi connectivity index (χ0n) is 9.36. The number of hydrogen-bond donors (Lipinski definition) is 1. The summed E-state index contributed by atoms with van der Waals surface area (Å²) < 4.78 is 0. The standard InChI is InChI=1S/C11H16N2O2S/c1-2-11(3-4-11)8-12-6-9-5-10(13(14)15)16-7-9/h5,7,12H,2-4,6,8H2,1H3. The molecule has 1 saturated carbocycles. The zero-order valence-corrected chi connectivity index (χ0v) is 10.2. The molecule has 1 aliphatic rings. The molecular weight excluding hydrogens is 224 g/mol. The summed E-state index contributed by atoms with van der Waals surface area (Å²) in [7, 11) is 0. The van der Waals surface area contributed by atoms with Gasteiger partial charge in [-0.25, -0.2) is 0 Å². The summed E-state index contributed by atoms with van der Waals surface area (Å²) >= 11 is 1.20. The first-order chi connectivity index (χ1) is 7.65. The molecule has 1 aromatic heterocycles. The minimum absolute atomic E-state index is 0.230. The van der Waals surface area contributed by atoms with Crippen molar-refractivity contribution in [3.8, 4) is 0 Å². The van der Waals surface area contributed by atoms with Crippen LogP contribution in [0, 0.1) is 15.5 Å². The van der Waals surface area contributed by atoms with Crippen molar-refractivity contribution in [3.05, 3.63) is 27.1 Å². The van der Waals surface area contributed by atoms with Crippen molar-refractivity contribution in [1.82, 2.24) is 5.32 Å². The fourth-order valence-electron chi connectivity index (χ4n) is 1.86. The Morgan fingerprint density at radius 2 is 2.38 bits per heavy atom. The lowest BCUT2D eigenvalue weighted by atomic mass is 10.0. The molecule has 4 nitrogen and oxygen atoms in total. The van der Waals surface area contributed by atoms with E-state index in [4.69, 9.17) is 0 Å². The average molecular weight is 240 g/mol. The molecule has 0 unspecified atom stereocenters. The van der Waals surface area contributed by atoms with Crippen molar-refractivity contribution in [1.29, 1.82) is 0 Å². The fourth-order valence-corrected chi connectivity index (χ4v) is 2.58. The van der Waals surface area contributed by atoms with Gasteiger partial charge in [0, 0.05) is 24.5 Å². The van der Waals surface area contributed by atoms with Crippen LogP contribution in [0.1, 0.15) is 31.7 Å². The van der Waals surface area contributed by atoms with Gasteiger partial charge in [0.05, 0.1) is 4.92 Å². The van der Waals surface area contributed by atoms with Crippen molar-refractivity contribution in [3.63, 3.8) is 0 Å². The summed E-state index contributed by atoms with van der Waals surface area (Å²) in [4.78, 5) is 10.2. The molecule has 0 bridgehead atoms. The van der Waals surface area contributed by atoms with Gasteiger partial charge in [-0.15, -0.1) is 0 Å². The topological polar surface area (TPSA) is 55.2 Å². The fraction of sp³-hybridized carbons (Fsp3) is 0.636. The number of nitrogens with one attached hydrogen (secondary N) is 1. The second kappa shape index (κ2) is 4.51. The highest BCUT2D eigenvalue weighted by Crippen LogP contribution is 2.47. The number of nitrogens with zero attached hydrogens (tertiary/aromatic N) is 1. The van der Waals surface area contributed by atoms with E-state index in [1.165, 1.54) is 30.6 Å². The molecule has 0 spiro atoms. The SMILES string of the molecule is CCC1(CNCc2csc([N+](=O)[O-])c2)CC1. The Morgan fingerprint density at radius 1 is 1.62 bits per heavy atom. The molecule has 1 N–H and O–H groups in total. The number of thiophene rings is 1. The van der Waals surface area contributed by atoms with Crippen molar-refractivity contribution < 1.29 is 4.92 Å². The molecule has 88 valence electrons. The highest BCUT2D eigenvalue weighted by atomic mass is 32.1. The van der Waals surface area contributed by atoms with E-state index in [-0.39, 0.29) is 9.92 Å². The van der Waals surface area contributed by atoms with Crippen LogP contribution in [-0.2, 0) is 6.54 Å². The van der Waals surface area contributed by atoms with Gasteiger partial charge in [0.1, 0.15) is 0 Å². The monoisotopic (exact) mass is 240 g/mol. The first kappa shape index (κ1) is 11.5. The van der Waals surface area contributed by atoms with Gasteiger partial charge in [-0.3, -0.25) is 10.1 Å². The third-order valence-corrected chi connectivity index (χ3v) is 4.29. The smallest absolute Gasteiger partial charge is 0.312 e. The maximum Gasteiger partial charge on any atom is 0.324 e. The maximum absolute atomic E-state index is 10.5. The van der Waals surface area contributed by atoms with E-state index < -0.39 is 0 Å². The van der Waals surface area contributed by atoms with E-state index in [0.29, 0.717) is 5.41 Å². The van der Waals surface area contributed by atoms with E-state index in [2.05, 4.69) is 12.2 Å². The van der Waals surface area contributed by atoms with Gasteiger partial charge in [-0.1, -0.05) is 18.3 Å². The van der Waals surface area contributed by atoms with Gasteiger partial charge in [0.15, 0.2) is 0 Å². The van der Waals surface area contributed by atoms with E-state index >= 15 is 0 Å². The van der Waals surface area contributed by atoms with E-state index in [1.807, 2.05) is 5.38 Å². The highest BCUT2D eigenvalue weighted by molar-refractivity contribution is 7.13. The van der Waals surface area contributed by atoms with Crippen LogP contribution in [0.5, 0.6) is 0 Å². The molecule has 0 atom stereocenters. The summed E-state index contributed by atoms with van der Waals surface area (Å²) in [6, 6.07) is 1.66. The van der Waals surface area contributed by atoms with E-state index in [0.717, 1.165) is 18.7 Å². The molecule has 0 amide bonds. The first-order valence-electron chi connectivity index (χ1n) is 5.58. The second-order valence-corrected chi connectivity index (χ2v) is 5.40. The largest absolute Gasteiger partial charge is 0.324 e. The Morgan fingerprint density at radius 3 is 2.88 bits per heavy atom. The Bertz CT molecular complexity index is 385. The van der Waals surface area contributed by atoms with Crippen LogP contribution in [0.3, 0.4) is 0 Å². The van der Waals surface area contributed by atoms with Gasteiger partial charge < -0.3 is 5.32 Å². The van der Waals surface area contributed by atoms with Crippen molar-refractivity contribution in [2.24, 2.45) is 5.41 Å². The number of rotatable bonds is 6. The molecule has 0 saturated heterocycles. The lowest BCUT2D eigenvalue weighted by Crippen LogP contribution is -2.22. The average Bonchev–Trinajstić information content (AvgIpc) is 2.88. The third-order valence-electron chi connectivity index (χ3n) is 3.36. The minimum Gasteiger partial charge on any atom is -0.312 e. The van der Waals surface area contributed by atoms with E-state index in [9.17, 15) is 10.1 Å². The molecule has 1 aromatic rings. The molecule has 16 heavy (non-hydrogen) atoms. The van der Waals surface area contributed by atoms with Crippen molar-refractivity contribution in [2.45, 2.75) is 32.7 Å². The van der Waals surface area contributed by atoms with Crippen LogP contribution in [-0.4, -0.2) is 11.5 Å². The van der Waals surface area contributed by atoms with Crippen LogP contribution < -0.4 is 5.32 Å². The van der Waals surface area contributed by atoms with Crippen molar-refractivity contribution in [2.75, 3.05) is 6.54 Å². The Hall–Kier alpha value is -0.940. The summed E-state index contributed by atoms with van der Waals surface area (Å²) in [5.74, 6) is 0. The highest BCUT2D eigenvalue weighted by Gasteiger charge is 2.39.